The van der Waals surface area contributed by atoms with E-state index in [1.54, 1.807) is 17.4 Å². The standard InChI is InChI=1S/C13H15BrF3N3O3S/c14-10-2-1-3-11(8-10)24(22,23)20-6-4-19(5-7-20)12(21)18-9-13(15,16)17/h1-3,8H,4-7,9H2,(H,18,21). The van der Waals surface area contributed by atoms with E-state index < -0.39 is 28.8 Å². The SMILES string of the molecule is O=C(NCC(F)(F)F)N1CCN(S(=O)(=O)c2cccc(Br)c2)CC1. The van der Waals surface area contributed by atoms with E-state index in [9.17, 15) is 26.4 Å². The van der Waals surface area contributed by atoms with Crippen LogP contribution < -0.4 is 5.32 Å². The third-order valence-corrected chi connectivity index (χ3v) is 5.79. The number of amides is 2. The second-order valence-corrected chi connectivity index (χ2v) is 7.98. The molecule has 1 N–H and O–H groups in total. The van der Waals surface area contributed by atoms with Crippen molar-refractivity contribution < 1.29 is 26.4 Å². The normalized spacial score (nSPS) is 16.9. The highest BCUT2D eigenvalue weighted by molar-refractivity contribution is 9.10. The maximum absolute atomic E-state index is 12.5. The van der Waals surface area contributed by atoms with Crippen LogP contribution in [0, 0.1) is 0 Å². The number of benzene rings is 1. The highest BCUT2D eigenvalue weighted by atomic mass is 79.9. The van der Waals surface area contributed by atoms with Gasteiger partial charge in [0.25, 0.3) is 0 Å². The summed E-state index contributed by atoms with van der Waals surface area (Å²) in [5, 5.41) is 1.77. The Bertz CT molecular complexity index is 704. The Labute approximate surface area is 145 Å². The van der Waals surface area contributed by atoms with E-state index >= 15 is 0 Å². The van der Waals surface area contributed by atoms with Gasteiger partial charge in [0.15, 0.2) is 0 Å². The Morgan fingerprint density at radius 3 is 2.38 bits per heavy atom. The van der Waals surface area contributed by atoms with Crippen LogP contribution >= 0.6 is 15.9 Å². The first kappa shape index (κ1) is 19.0. The number of sulfonamides is 1. The molecule has 24 heavy (non-hydrogen) atoms. The van der Waals surface area contributed by atoms with E-state index in [1.165, 1.54) is 21.3 Å². The molecule has 1 aromatic rings. The first-order chi connectivity index (χ1) is 11.1. The Balaban J connectivity index is 1.96. The Morgan fingerprint density at radius 2 is 1.83 bits per heavy atom. The van der Waals surface area contributed by atoms with Crippen molar-refractivity contribution in [1.29, 1.82) is 0 Å². The monoisotopic (exact) mass is 429 g/mol. The number of piperazine rings is 1. The molecule has 2 amide bonds. The number of urea groups is 1. The van der Waals surface area contributed by atoms with Crippen molar-refractivity contribution in [1.82, 2.24) is 14.5 Å². The minimum absolute atomic E-state index is 0.0221. The van der Waals surface area contributed by atoms with Gasteiger partial charge >= 0.3 is 12.2 Å². The lowest BCUT2D eigenvalue weighted by molar-refractivity contribution is -0.123. The van der Waals surface area contributed by atoms with Crippen LogP contribution in [0.2, 0.25) is 0 Å². The number of halogens is 4. The van der Waals surface area contributed by atoms with Gasteiger partial charge in [-0.3, -0.25) is 0 Å². The maximum atomic E-state index is 12.5. The Morgan fingerprint density at radius 1 is 1.21 bits per heavy atom. The molecule has 0 aromatic heterocycles. The van der Waals surface area contributed by atoms with E-state index in [4.69, 9.17) is 0 Å². The minimum atomic E-state index is -4.48. The molecular formula is C13H15BrF3N3O3S. The molecule has 11 heteroatoms. The summed E-state index contributed by atoms with van der Waals surface area (Å²) in [5.74, 6) is 0. The van der Waals surface area contributed by atoms with Crippen LogP contribution in [0.15, 0.2) is 33.6 Å². The van der Waals surface area contributed by atoms with Crippen molar-refractivity contribution in [2.24, 2.45) is 0 Å². The molecule has 1 saturated heterocycles. The van der Waals surface area contributed by atoms with E-state index in [0.717, 1.165) is 0 Å². The molecule has 1 aromatic carbocycles. The van der Waals surface area contributed by atoms with Gasteiger partial charge in [-0.2, -0.15) is 17.5 Å². The van der Waals surface area contributed by atoms with Gasteiger partial charge in [0.05, 0.1) is 4.90 Å². The van der Waals surface area contributed by atoms with Crippen molar-refractivity contribution in [3.63, 3.8) is 0 Å². The molecule has 0 aliphatic carbocycles. The van der Waals surface area contributed by atoms with Gasteiger partial charge in [-0.25, -0.2) is 13.2 Å². The smallest absolute Gasteiger partial charge is 0.329 e. The van der Waals surface area contributed by atoms with Crippen LogP contribution in [-0.4, -0.2) is 62.6 Å². The van der Waals surface area contributed by atoms with Crippen molar-refractivity contribution in [2.45, 2.75) is 11.1 Å². The Kier molecular flexibility index (Phi) is 5.76. The van der Waals surface area contributed by atoms with Gasteiger partial charge in [-0.05, 0) is 18.2 Å². The average molecular weight is 430 g/mol. The maximum Gasteiger partial charge on any atom is 0.405 e. The van der Waals surface area contributed by atoms with Crippen molar-refractivity contribution in [3.05, 3.63) is 28.7 Å². The van der Waals surface area contributed by atoms with Crippen LogP contribution in [0.5, 0.6) is 0 Å². The van der Waals surface area contributed by atoms with Crippen molar-refractivity contribution in [2.75, 3.05) is 32.7 Å². The van der Waals surface area contributed by atoms with E-state index in [-0.39, 0.29) is 31.1 Å². The summed E-state index contributed by atoms with van der Waals surface area (Å²) in [5.41, 5.74) is 0. The van der Waals surface area contributed by atoms with Crippen molar-refractivity contribution in [3.8, 4) is 0 Å². The summed E-state index contributed by atoms with van der Waals surface area (Å²) < 4.78 is 63.1. The zero-order chi connectivity index (χ0) is 18.0. The molecule has 0 bridgehead atoms. The number of carbonyl (C=O) groups is 1. The van der Waals surface area contributed by atoms with Gasteiger partial charge in [0.2, 0.25) is 10.0 Å². The lowest BCUT2D eigenvalue weighted by Gasteiger charge is -2.34. The summed E-state index contributed by atoms with van der Waals surface area (Å²) in [6.45, 7) is -1.32. The first-order valence-corrected chi connectivity index (χ1v) is 9.18. The number of rotatable bonds is 3. The topological polar surface area (TPSA) is 69.7 Å². The number of hydrogen-bond donors (Lipinski definition) is 1. The van der Waals surface area contributed by atoms with Crippen molar-refractivity contribution >= 4 is 32.0 Å². The van der Waals surface area contributed by atoms with Crippen LogP contribution in [-0.2, 0) is 10.0 Å². The largest absolute Gasteiger partial charge is 0.405 e. The predicted molar refractivity (Wildman–Crippen MR) is 83.9 cm³/mol. The van der Waals surface area contributed by atoms with Gasteiger partial charge in [0.1, 0.15) is 6.54 Å². The first-order valence-electron chi connectivity index (χ1n) is 6.95. The van der Waals surface area contributed by atoms with E-state index in [2.05, 4.69) is 15.9 Å². The zero-order valence-corrected chi connectivity index (χ0v) is 14.8. The second-order valence-electron chi connectivity index (χ2n) is 5.12. The summed E-state index contributed by atoms with van der Waals surface area (Å²) >= 11 is 3.20. The quantitative estimate of drug-likeness (QED) is 0.798. The van der Waals surface area contributed by atoms with Crippen LogP contribution in [0.3, 0.4) is 0 Å². The fraction of sp³-hybridized carbons (Fsp3) is 0.462. The average Bonchev–Trinajstić information content (AvgIpc) is 2.52. The molecule has 0 radical (unpaired) electrons. The second kappa shape index (κ2) is 7.28. The molecule has 6 nitrogen and oxygen atoms in total. The fourth-order valence-corrected chi connectivity index (χ4v) is 4.22. The van der Waals surface area contributed by atoms with Crippen LogP contribution in [0.4, 0.5) is 18.0 Å². The van der Waals surface area contributed by atoms with Gasteiger partial charge < -0.3 is 10.2 Å². The third kappa shape index (κ3) is 4.84. The zero-order valence-electron chi connectivity index (χ0n) is 12.4. The van der Waals surface area contributed by atoms with E-state index in [1.807, 2.05) is 0 Å². The number of alkyl halides is 3. The predicted octanol–water partition coefficient (Wildman–Crippen LogP) is 2.03. The molecule has 0 spiro atoms. The lowest BCUT2D eigenvalue weighted by Crippen LogP contribution is -2.54. The number of carbonyl (C=O) groups excluding carboxylic acids is 1. The van der Waals surface area contributed by atoms with Gasteiger partial charge in [-0.1, -0.05) is 22.0 Å². The minimum Gasteiger partial charge on any atom is -0.329 e. The molecule has 1 heterocycles. The summed E-state index contributed by atoms with van der Waals surface area (Å²) in [7, 11) is -3.70. The molecule has 0 atom stereocenters. The summed E-state index contributed by atoms with van der Waals surface area (Å²) in [4.78, 5) is 12.9. The highest BCUT2D eigenvalue weighted by Crippen LogP contribution is 2.21. The molecule has 0 saturated carbocycles. The molecule has 1 fully saturated rings. The molecule has 134 valence electrons. The molecule has 1 aliphatic rings. The van der Waals surface area contributed by atoms with Crippen LogP contribution in [0.1, 0.15) is 0 Å². The van der Waals surface area contributed by atoms with Crippen LogP contribution in [0.25, 0.3) is 0 Å². The molecule has 1 aliphatic heterocycles. The van der Waals surface area contributed by atoms with Gasteiger partial charge in [-0.15, -0.1) is 0 Å². The number of nitrogens with zero attached hydrogens (tertiary/aromatic N) is 2. The lowest BCUT2D eigenvalue weighted by atomic mass is 10.4. The fourth-order valence-electron chi connectivity index (χ4n) is 2.20. The number of nitrogens with one attached hydrogen (secondary N) is 1. The molecule has 2 rings (SSSR count). The molecule has 0 unspecified atom stereocenters. The van der Waals surface area contributed by atoms with E-state index in [0.29, 0.717) is 4.47 Å². The van der Waals surface area contributed by atoms with Gasteiger partial charge in [0, 0.05) is 30.7 Å². The number of hydrogen-bond acceptors (Lipinski definition) is 3. The Hall–Kier alpha value is -1.33. The molecular weight excluding hydrogens is 415 g/mol. The summed E-state index contributed by atoms with van der Waals surface area (Å²) in [6, 6.07) is 5.37. The third-order valence-electron chi connectivity index (χ3n) is 3.40. The summed E-state index contributed by atoms with van der Waals surface area (Å²) in [6.07, 6.45) is -4.48. The highest BCUT2D eigenvalue weighted by Gasteiger charge is 2.32.